The average Bonchev–Trinajstić information content (AvgIpc) is 3.01. The van der Waals surface area contributed by atoms with E-state index in [0.29, 0.717) is 18.1 Å². The number of aliphatic hydroxyl groups excluding tert-OH is 1. The summed E-state index contributed by atoms with van der Waals surface area (Å²) in [4.78, 5) is 26.0. The van der Waals surface area contributed by atoms with Crippen LogP contribution >= 0.6 is 11.8 Å². The van der Waals surface area contributed by atoms with Crippen molar-refractivity contribution in [1.82, 2.24) is 4.90 Å². The van der Waals surface area contributed by atoms with E-state index in [2.05, 4.69) is 0 Å². The highest BCUT2D eigenvalue weighted by Gasteiger charge is 2.60. The van der Waals surface area contributed by atoms with Crippen LogP contribution in [-0.2, 0) is 14.3 Å². The van der Waals surface area contributed by atoms with E-state index < -0.39 is 18.0 Å². The highest BCUT2D eigenvalue weighted by Crippen LogP contribution is 2.52. The number of hydrogen-bond donors (Lipinski definition) is 3. The van der Waals surface area contributed by atoms with E-state index in [1.807, 2.05) is 6.92 Å². The van der Waals surface area contributed by atoms with Crippen LogP contribution in [0.5, 0.6) is 0 Å². The van der Waals surface area contributed by atoms with Crippen LogP contribution in [0.25, 0.3) is 0 Å². The molecule has 0 aromatic heterocycles. The van der Waals surface area contributed by atoms with E-state index in [9.17, 15) is 19.8 Å². The Hall–Kier alpha value is -1.09. The first kappa shape index (κ1) is 16.8. The quantitative estimate of drug-likeness (QED) is 0.602. The van der Waals surface area contributed by atoms with Crippen LogP contribution in [0.4, 0.5) is 0 Å². The van der Waals surface area contributed by atoms with Gasteiger partial charge in [0.05, 0.1) is 24.2 Å². The van der Waals surface area contributed by atoms with Crippen LogP contribution in [0.15, 0.2) is 10.6 Å². The Kier molecular flexibility index (Phi) is 4.43. The minimum atomic E-state index is -1.09. The maximum atomic E-state index is 12.3. The molecule has 3 rings (SSSR count). The lowest BCUT2D eigenvalue weighted by Crippen LogP contribution is -2.63. The van der Waals surface area contributed by atoms with Gasteiger partial charge in [-0.25, -0.2) is 4.79 Å². The number of nitrogens with zero attached hydrogens (tertiary/aromatic N) is 1. The zero-order valence-corrected chi connectivity index (χ0v) is 14.0. The third kappa shape index (κ3) is 2.48. The molecule has 0 aromatic rings. The molecule has 0 radical (unpaired) electrons. The zero-order valence-electron chi connectivity index (χ0n) is 13.1. The lowest BCUT2D eigenvalue weighted by atomic mass is 9.79. The molecule has 128 valence electrons. The smallest absolute Gasteiger partial charge is 0.353 e. The minimum absolute atomic E-state index is 0.0667. The van der Waals surface area contributed by atoms with Crippen molar-refractivity contribution in [1.29, 1.82) is 0 Å². The standard InChI is InChI=1S/C15H22N2O5S/c1-6-11-10(7(2)18)14(19)17(11)12(15(20)21)13(6)23-9-3-4-22-8(9)5-16/h6-11,18H,3-5,16H2,1-2H3,(H,20,21)/t6?,7?,8-,9-,10?,11?/m1/s1. The Balaban J connectivity index is 1.89. The highest BCUT2D eigenvalue weighted by atomic mass is 32.2. The molecule has 3 aliphatic heterocycles. The molecule has 2 saturated heterocycles. The predicted molar refractivity (Wildman–Crippen MR) is 84.4 cm³/mol. The van der Waals surface area contributed by atoms with Gasteiger partial charge in [0.15, 0.2) is 0 Å². The number of thioether (sulfide) groups is 1. The first-order valence-electron chi connectivity index (χ1n) is 7.85. The number of carboxylic acid groups (broad SMARTS) is 1. The molecule has 1 amide bonds. The van der Waals surface area contributed by atoms with Crippen molar-refractivity contribution in [3.63, 3.8) is 0 Å². The summed E-state index contributed by atoms with van der Waals surface area (Å²) in [6.07, 6.45) is -0.0582. The Morgan fingerprint density at radius 2 is 2.26 bits per heavy atom. The maximum absolute atomic E-state index is 12.3. The molecule has 4 unspecified atom stereocenters. The van der Waals surface area contributed by atoms with E-state index in [4.69, 9.17) is 10.5 Å². The van der Waals surface area contributed by atoms with E-state index in [-0.39, 0.29) is 34.9 Å². The van der Waals surface area contributed by atoms with Gasteiger partial charge in [-0.1, -0.05) is 6.92 Å². The monoisotopic (exact) mass is 342 g/mol. The van der Waals surface area contributed by atoms with Crippen molar-refractivity contribution < 1.29 is 24.5 Å². The largest absolute Gasteiger partial charge is 0.477 e. The molecule has 0 aromatic carbocycles. The number of nitrogens with two attached hydrogens (primary N) is 1. The predicted octanol–water partition coefficient (Wildman–Crippen LogP) is -0.0105. The number of amides is 1. The van der Waals surface area contributed by atoms with Gasteiger partial charge in [-0.05, 0) is 13.3 Å². The molecular weight excluding hydrogens is 320 g/mol. The van der Waals surface area contributed by atoms with Crippen LogP contribution in [0.2, 0.25) is 0 Å². The number of fused-ring (bicyclic) bond motifs is 1. The summed E-state index contributed by atoms with van der Waals surface area (Å²) < 4.78 is 5.57. The summed E-state index contributed by atoms with van der Waals surface area (Å²) in [6, 6.07) is -0.269. The van der Waals surface area contributed by atoms with E-state index in [1.165, 1.54) is 16.7 Å². The molecule has 3 aliphatic rings. The summed E-state index contributed by atoms with van der Waals surface area (Å²) in [5.74, 6) is -2.03. The van der Waals surface area contributed by atoms with Gasteiger partial charge < -0.3 is 25.6 Å². The number of ether oxygens (including phenoxy) is 1. The molecule has 4 N–H and O–H groups in total. The number of rotatable bonds is 5. The van der Waals surface area contributed by atoms with Crippen molar-refractivity contribution in [2.45, 2.75) is 43.8 Å². The number of aliphatic hydroxyl groups is 1. The molecule has 7 nitrogen and oxygen atoms in total. The summed E-state index contributed by atoms with van der Waals surface area (Å²) in [6.45, 7) is 4.51. The van der Waals surface area contributed by atoms with E-state index >= 15 is 0 Å². The summed E-state index contributed by atoms with van der Waals surface area (Å²) >= 11 is 1.47. The molecule has 2 fully saturated rings. The second-order valence-electron chi connectivity index (χ2n) is 6.36. The van der Waals surface area contributed by atoms with E-state index in [1.54, 1.807) is 6.92 Å². The number of carbonyl (C=O) groups is 2. The minimum Gasteiger partial charge on any atom is -0.477 e. The Labute approximate surface area is 138 Å². The van der Waals surface area contributed by atoms with Gasteiger partial charge in [-0.15, -0.1) is 11.8 Å². The van der Waals surface area contributed by atoms with Gasteiger partial charge in [-0.3, -0.25) is 4.79 Å². The number of carbonyl (C=O) groups excluding carboxylic acids is 1. The maximum Gasteiger partial charge on any atom is 0.353 e. The summed E-state index contributed by atoms with van der Waals surface area (Å²) in [5, 5.41) is 19.5. The summed E-state index contributed by atoms with van der Waals surface area (Å²) in [5.41, 5.74) is 5.78. The van der Waals surface area contributed by atoms with Crippen LogP contribution in [-0.4, -0.2) is 63.6 Å². The Bertz CT molecular complexity index is 564. The number of carboxylic acids is 1. The molecule has 3 heterocycles. The first-order chi connectivity index (χ1) is 10.9. The molecule has 0 aliphatic carbocycles. The number of hydrogen-bond acceptors (Lipinski definition) is 6. The number of β-lactam (4-membered cyclic amide) rings is 1. The van der Waals surface area contributed by atoms with Crippen LogP contribution in [0.3, 0.4) is 0 Å². The van der Waals surface area contributed by atoms with Gasteiger partial charge in [0.1, 0.15) is 5.70 Å². The molecule has 6 atom stereocenters. The fourth-order valence-electron chi connectivity index (χ4n) is 3.83. The number of aliphatic carboxylic acids is 1. The normalized spacial score (nSPS) is 37.8. The van der Waals surface area contributed by atoms with Gasteiger partial charge in [0.25, 0.3) is 0 Å². The SMILES string of the molecule is CC(O)C1C(=O)N2C(C(=O)O)=C(S[C@@H]3CCO[C@@H]3CN)C(C)C12. The second kappa shape index (κ2) is 6.08. The van der Waals surface area contributed by atoms with Crippen molar-refractivity contribution in [2.75, 3.05) is 13.2 Å². The third-order valence-electron chi connectivity index (χ3n) is 4.97. The summed E-state index contributed by atoms with van der Waals surface area (Å²) in [7, 11) is 0. The van der Waals surface area contributed by atoms with Crippen molar-refractivity contribution in [3.05, 3.63) is 10.6 Å². The fourth-order valence-corrected chi connectivity index (χ4v) is 5.36. The van der Waals surface area contributed by atoms with Crippen molar-refractivity contribution in [2.24, 2.45) is 17.6 Å². The Morgan fingerprint density at radius 1 is 1.57 bits per heavy atom. The molecule has 0 bridgehead atoms. The molecule has 23 heavy (non-hydrogen) atoms. The van der Waals surface area contributed by atoms with Crippen LogP contribution < -0.4 is 5.73 Å². The first-order valence-corrected chi connectivity index (χ1v) is 8.73. The van der Waals surface area contributed by atoms with Crippen molar-refractivity contribution >= 4 is 23.6 Å². The lowest BCUT2D eigenvalue weighted by Gasteiger charge is -2.46. The van der Waals surface area contributed by atoms with Crippen LogP contribution in [0, 0.1) is 11.8 Å². The fraction of sp³-hybridized carbons (Fsp3) is 0.733. The van der Waals surface area contributed by atoms with Gasteiger partial charge in [0, 0.05) is 29.2 Å². The Morgan fingerprint density at radius 3 is 2.83 bits per heavy atom. The molecule has 8 heteroatoms. The molecular formula is C15H22N2O5S. The lowest BCUT2D eigenvalue weighted by molar-refractivity contribution is -0.163. The van der Waals surface area contributed by atoms with Gasteiger partial charge in [-0.2, -0.15) is 0 Å². The molecule has 0 saturated carbocycles. The topological polar surface area (TPSA) is 113 Å². The van der Waals surface area contributed by atoms with Gasteiger partial charge in [0.2, 0.25) is 5.91 Å². The third-order valence-corrected chi connectivity index (χ3v) is 6.63. The van der Waals surface area contributed by atoms with Crippen molar-refractivity contribution in [3.8, 4) is 0 Å². The second-order valence-corrected chi connectivity index (χ2v) is 7.64. The van der Waals surface area contributed by atoms with E-state index in [0.717, 1.165) is 6.42 Å². The van der Waals surface area contributed by atoms with Crippen LogP contribution in [0.1, 0.15) is 20.3 Å². The highest BCUT2D eigenvalue weighted by molar-refractivity contribution is 8.03. The van der Waals surface area contributed by atoms with Gasteiger partial charge >= 0.3 is 5.97 Å². The average molecular weight is 342 g/mol. The molecule has 0 spiro atoms. The zero-order chi connectivity index (χ0) is 16.9.